The summed E-state index contributed by atoms with van der Waals surface area (Å²) < 4.78 is 12.2. The Morgan fingerprint density at radius 1 is 1.14 bits per heavy atom. The number of amides is 1. The molecule has 1 aromatic carbocycles. The first-order valence-electron chi connectivity index (χ1n) is 9.89. The first-order chi connectivity index (χ1) is 14.0. The third-order valence-electron chi connectivity index (χ3n) is 4.44. The Morgan fingerprint density at radius 2 is 1.86 bits per heavy atom. The molecule has 0 aliphatic carbocycles. The van der Waals surface area contributed by atoms with E-state index in [4.69, 9.17) is 9.47 Å². The second-order valence-corrected chi connectivity index (χ2v) is 6.54. The Morgan fingerprint density at radius 3 is 2.48 bits per heavy atom. The highest BCUT2D eigenvalue weighted by Gasteiger charge is 2.27. The zero-order valence-electron chi connectivity index (χ0n) is 17.4. The number of hydrogen-bond acceptors (Lipinski definition) is 5. The number of ether oxygens (including phenoxy) is 2. The second-order valence-electron chi connectivity index (χ2n) is 6.54. The zero-order chi connectivity index (χ0) is 21.4. The lowest BCUT2D eigenvalue weighted by Gasteiger charge is -2.16. The molecule has 0 unspecified atom stereocenters. The Bertz CT molecular complexity index is 886. The number of carbonyl (C=O) groups is 3. The molecule has 0 saturated carbocycles. The van der Waals surface area contributed by atoms with E-state index in [9.17, 15) is 14.4 Å². The molecule has 7 nitrogen and oxygen atoms in total. The number of hydrogen-bond donors (Lipinski definition) is 1. The Hall–Kier alpha value is -3.09. The van der Waals surface area contributed by atoms with E-state index in [0.29, 0.717) is 47.4 Å². The molecular weight excluding hydrogens is 372 g/mol. The Labute approximate surface area is 171 Å². The number of carbonyl (C=O) groups excluding carboxylic acids is 3. The molecule has 1 heterocycles. The highest BCUT2D eigenvalue weighted by molar-refractivity contribution is 6.03. The Kier molecular flexibility index (Phi) is 8.00. The minimum Gasteiger partial charge on any atom is -0.493 e. The SMILES string of the molecule is CCCOc1ccccc1C(=O)Nn1c(CCC)c(C=O)c(C)c1C(=O)OCC. The molecule has 0 aliphatic heterocycles. The van der Waals surface area contributed by atoms with Gasteiger partial charge in [-0.25, -0.2) is 9.47 Å². The molecular formula is C22H28N2O5. The molecule has 2 aromatic rings. The molecule has 7 heteroatoms. The molecule has 0 atom stereocenters. The van der Waals surface area contributed by atoms with Crippen molar-refractivity contribution in [1.82, 2.24) is 4.68 Å². The predicted octanol–water partition coefficient (Wildman–Crippen LogP) is 3.91. The van der Waals surface area contributed by atoms with Gasteiger partial charge in [-0.1, -0.05) is 32.4 Å². The van der Waals surface area contributed by atoms with Gasteiger partial charge in [-0.3, -0.25) is 15.0 Å². The number of para-hydroxylation sites is 1. The summed E-state index contributed by atoms with van der Waals surface area (Å²) in [6.45, 7) is 7.99. The molecule has 0 spiro atoms. The van der Waals surface area contributed by atoms with E-state index in [1.165, 1.54) is 4.68 Å². The van der Waals surface area contributed by atoms with Crippen LogP contribution in [0.5, 0.6) is 5.75 Å². The van der Waals surface area contributed by atoms with Gasteiger partial charge in [0.15, 0.2) is 12.0 Å². The minimum absolute atomic E-state index is 0.151. The van der Waals surface area contributed by atoms with E-state index in [0.717, 1.165) is 12.8 Å². The number of aromatic nitrogens is 1. The quantitative estimate of drug-likeness (QED) is 0.483. The van der Waals surface area contributed by atoms with Gasteiger partial charge in [0.2, 0.25) is 0 Å². The molecule has 1 aromatic heterocycles. The summed E-state index contributed by atoms with van der Waals surface area (Å²) in [5, 5.41) is 0. The Balaban J connectivity index is 2.52. The van der Waals surface area contributed by atoms with Crippen LogP contribution in [0.1, 0.15) is 76.1 Å². The number of nitrogens with one attached hydrogen (secondary N) is 1. The lowest BCUT2D eigenvalue weighted by atomic mass is 10.1. The van der Waals surface area contributed by atoms with E-state index in [2.05, 4.69) is 5.43 Å². The molecule has 2 rings (SSSR count). The molecule has 0 bridgehead atoms. The van der Waals surface area contributed by atoms with E-state index in [-0.39, 0.29) is 12.3 Å². The van der Waals surface area contributed by atoms with Crippen LogP contribution in [0.3, 0.4) is 0 Å². The first kappa shape index (κ1) is 22.2. The summed E-state index contributed by atoms with van der Waals surface area (Å²) in [5.41, 5.74) is 4.72. The van der Waals surface area contributed by atoms with Crippen molar-refractivity contribution in [2.24, 2.45) is 0 Å². The van der Waals surface area contributed by atoms with Gasteiger partial charge in [-0.15, -0.1) is 0 Å². The fourth-order valence-corrected chi connectivity index (χ4v) is 3.13. The maximum absolute atomic E-state index is 13.0. The standard InChI is InChI=1S/C22H28N2O5/c1-5-10-18-17(14-25)15(4)20(22(27)28-7-3)24(18)23-21(26)16-11-8-9-12-19(16)29-13-6-2/h8-9,11-12,14H,5-7,10,13H2,1-4H3,(H,23,26). The number of aldehydes is 1. The van der Waals surface area contributed by atoms with Crippen LogP contribution in [0, 0.1) is 6.92 Å². The molecule has 156 valence electrons. The van der Waals surface area contributed by atoms with Gasteiger partial charge in [-0.05, 0) is 44.4 Å². The van der Waals surface area contributed by atoms with Gasteiger partial charge in [-0.2, -0.15) is 0 Å². The van der Waals surface area contributed by atoms with Gasteiger partial charge in [0.25, 0.3) is 5.91 Å². The van der Waals surface area contributed by atoms with Crippen LogP contribution in [-0.2, 0) is 11.2 Å². The van der Waals surface area contributed by atoms with Gasteiger partial charge < -0.3 is 9.47 Å². The molecule has 0 radical (unpaired) electrons. The fourth-order valence-electron chi connectivity index (χ4n) is 3.13. The minimum atomic E-state index is -0.591. The van der Waals surface area contributed by atoms with E-state index in [1.54, 1.807) is 38.1 Å². The third kappa shape index (κ3) is 4.85. The van der Waals surface area contributed by atoms with Gasteiger partial charge >= 0.3 is 5.97 Å². The number of benzene rings is 1. The summed E-state index contributed by atoms with van der Waals surface area (Å²) >= 11 is 0. The zero-order valence-corrected chi connectivity index (χ0v) is 17.4. The van der Waals surface area contributed by atoms with Crippen molar-refractivity contribution in [2.45, 2.75) is 47.0 Å². The van der Waals surface area contributed by atoms with E-state index in [1.807, 2.05) is 13.8 Å². The summed E-state index contributed by atoms with van der Waals surface area (Å²) in [6, 6.07) is 6.91. The summed E-state index contributed by atoms with van der Waals surface area (Å²) in [5.74, 6) is -0.570. The second kappa shape index (κ2) is 10.5. The number of rotatable bonds is 10. The van der Waals surface area contributed by atoms with Crippen LogP contribution < -0.4 is 10.2 Å². The molecule has 29 heavy (non-hydrogen) atoms. The lowest BCUT2D eigenvalue weighted by molar-refractivity contribution is 0.0514. The molecule has 1 amide bonds. The fraction of sp³-hybridized carbons (Fsp3) is 0.409. The van der Waals surface area contributed by atoms with Crippen molar-refractivity contribution in [3.8, 4) is 5.75 Å². The smallest absolute Gasteiger partial charge is 0.357 e. The largest absolute Gasteiger partial charge is 0.493 e. The number of nitrogens with zero attached hydrogens (tertiary/aromatic N) is 1. The van der Waals surface area contributed by atoms with Crippen LogP contribution in [0.4, 0.5) is 0 Å². The van der Waals surface area contributed by atoms with Crippen LogP contribution in [0.25, 0.3) is 0 Å². The van der Waals surface area contributed by atoms with Crippen LogP contribution in [0.15, 0.2) is 24.3 Å². The van der Waals surface area contributed by atoms with Gasteiger partial charge in [0.1, 0.15) is 5.75 Å². The normalized spacial score (nSPS) is 10.5. The van der Waals surface area contributed by atoms with Crippen molar-refractivity contribution in [2.75, 3.05) is 18.6 Å². The van der Waals surface area contributed by atoms with Gasteiger partial charge in [0, 0.05) is 5.56 Å². The average Bonchev–Trinajstić information content (AvgIpc) is 2.97. The van der Waals surface area contributed by atoms with Crippen molar-refractivity contribution < 1.29 is 23.9 Å². The van der Waals surface area contributed by atoms with Crippen molar-refractivity contribution in [3.63, 3.8) is 0 Å². The highest BCUT2D eigenvalue weighted by atomic mass is 16.5. The van der Waals surface area contributed by atoms with Crippen LogP contribution >= 0.6 is 0 Å². The maximum atomic E-state index is 13.0. The van der Waals surface area contributed by atoms with Crippen LogP contribution in [-0.4, -0.2) is 36.1 Å². The highest BCUT2D eigenvalue weighted by Crippen LogP contribution is 2.24. The molecule has 0 fully saturated rings. The van der Waals surface area contributed by atoms with Crippen molar-refractivity contribution >= 4 is 18.2 Å². The monoisotopic (exact) mass is 400 g/mol. The van der Waals surface area contributed by atoms with Gasteiger partial charge in [0.05, 0.1) is 24.5 Å². The van der Waals surface area contributed by atoms with Crippen molar-refractivity contribution in [1.29, 1.82) is 0 Å². The topological polar surface area (TPSA) is 86.6 Å². The summed E-state index contributed by atoms with van der Waals surface area (Å²) in [7, 11) is 0. The van der Waals surface area contributed by atoms with Crippen LogP contribution in [0.2, 0.25) is 0 Å². The molecule has 1 N–H and O–H groups in total. The van der Waals surface area contributed by atoms with E-state index >= 15 is 0 Å². The average molecular weight is 400 g/mol. The number of esters is 1. The molecule has 0 saturated heterocycles. The lowest BCUT2D eigenvalue weighted by Crippen LogP contribution is -2.29. The molecule has 0 aliphatic rings. The van der Waals surface area contributed by atoms with E-state index < -0.39 is 11.9 Å². The van der Waals surface area contributed by atoms with Crippen molar-refractivity contribution in [3.05, 3.63) is 52.3 Å². The first-order valence-corrected chi connectivity index (χ1v) is 9.89. The summed E-state index contributed by atoms with van der Waals surface area (Å²) in [6.07, 6.45) is 2.77. The predicted molar refractivity (Wildman–Crippen MR) is 110 cm³/mol. The summed E-state index contributed by atoms with van der Waals surface area (Å²) in [4.78, 5) is 37.3. The maximum Gasteiger partial charge on any atom is 0.357 e. The third-order valence-corrected chi connectivity index (χ3v) is 4.44.